The Hall–Kier alpha value is -0.930. The maximum atomic E-state index is 6.22. The van der Waals surface area contributed by atoms with Gasteiger partial charge < -0.3 is 10.1 Å². The van der Waals surface area contributed by atoms with Crippen molar-refractivity contribution < 1.29 is 4.74 Å². The summed E-state index contributed by atoms with van der Waals surface area (Å²) in [6.45, 7) is 0.443. The molecule has 1 atom stereocenters. The Balaban J connectivity index is 2.09. The highest BCUT2D eigenvalue weighted by atomic mass is 35.5. The van der Waals surface area contributed by atoms with Gasteiger partial charge in [0.15, 0.2) is 0 Å². The van der Waals surface area contributed by atoms with Crippen LogP contribution in [-0.4, -0.2) is 13.7 Å². The standard InChI is InChI=1S/C15H14Cl3NO/c1-19-14(12-3-2-4-13(17)15(12)18)9-20-11-7-5-10(16)6-8-11/h2-8,14,19H,9H2,1H3. The minimum Gasteiger partial charge on any atom is -0.492 e. The lowest BCUT2D eigenvalue weighted by molar-refractivity contribution is 0.273. The Labute approximate surface area is 133 Å². The highest BCUT2D eigenvalue weighted by Gasteiger charge is 2.15. The molecule has 0 spiro atoms. The summed E-state index contributed by atoms with van der Waals surface area (Å²) >= 11 is 18.1. The van der Waals surface area contributed by atoms with Gasteiger partial charge in [-0.05, 0) is 42.9 Å². The molecule has 0 fully saturated rings. The zero-order chi connectivity index (χ0) is 14.5. The number of hydrogen-bond donors (Lipinski definition) is 1. The van der Waals surface area contributed by atoms with E-state index in [0.717, 1.165) is 11.3 Å². The zero-order valence-corrected chi connectivity index (χ0v) is 13.1. The maximum absolute atomic E-state index is 6.22. The maximum Gasteiger partial charge on any atom is 0.119 e. The first-order valence-electron chi connectivity index (χ1n) is 6.11. The first-order valence-corrected chi connectivity index (χ1v) is 7.24. The Kier molecular flexibility index (Phi) is 5.55. The third-order valence-electron chi connectivity index (χ3n) is 2.94. The lowest BCUT2D eigenvalue weighted by Gasteiger charge is -2.19. The van der Waals surface area contributed by atoms with Gasteiger partial charge in [-0.25, -0.2) is 0 Å². The van der Waals surface area contributed by atoms with Crippen molar-refractivity contribution in [2.24, 2.45) is 0 Å². The molecule has 2 rings (SSSR count). The van der Waals surface area contributed by atoms with Crippen LogP contribution in [0.1, 0.15) is 11.6 Å². The van der Waals surface area contributed by atoms with Crippen LogP contribution in [0.5, 0.6) is 5.75 Å². The first kappa shape index (κ1) is 15.5. The van der Waals surface area contributed by atoms with E-state index in [1.54, 1.807) is 18.2 Å². The van der Waals surface area contributed by atoms with Gasteiger partial charge in [-0.3, -0.25) is 0 Å². The molecule has 0 heterocycles. The molecule has 0 aromatic heterocycles. The van der Waals surface area contributed by atoms with Gasteiger partial charge in [-0.2, -0.15) is 0 Å². The minimum absolute atomic E-state index is 0.0446. The fourth-order valence-corrected chi connectivity index (χ4v) is 2.39. The van der Waals surface area contributed by atoms with Crippen molar-refractivity contribution in [1.82, 2.24) is 5.32 Å². The average molecular weight is 331 g/mol. The van der Waals surface area contributed by atoms with Crippen molar-refractivity contribution in [2.75, 3.05) is 13.7 Å². The third kappa shape index (κ3) is 3.80. The van der Waals surface area contributed by atoms with Gasteiger partial charge in [0.1, 0.15) is 12.4 Å². The summed E-state index contributed by atoms with van der Waals surface area (Å²) in [5.74, 6) is 0.757. The molecule has 2 nitrogen and oxygen atoms in total. The van der Waals surface area contributed by atoms with Crippen LogP contribution in [0.25, 0.3) is 0 Å². The number of hydrogen-bond acceptors (Lipinski definition) is 2. The van der Waals surface area contributed by atoms with Gasteiger partial charge in [-0.15, -0.1) is 0 Å². The Bertz CT molecular complexity index is 572. The molecule has 0 saturated heterocycles. The second-order valence-electron chi connectivity index (χ2n) is 4.25. The van der Waals surface area contributed by atoms with Crippen LogP contribution in [0, 0.1) is 0 Å². The number of ether oxygens (including phenoxy) is 1. The topological polar surface area (TPSA) is 21.3 Å². The van der Waals surface area contributed by atoms with Crippen molar-refractivity contribution in [3.63, 3.8) is 0 Å². The molecule has 5 heteroatoms. The SMILES string of the molecule is CNC(COc1ccc(Cl)cc1)c1cccc(Cl)c1Cl. The third-order valence-corrected chi connectivity index (χ3v) is 4.02. The molecule has 2 aromatic carbocycles. The highest BCUT2D eigenvalue weighted by Crippen LogP contribution is 2.30. The number of likely N-dealkylation sites (N-methyl/N-ethyl adjacent to an activating group) is 1. The monoisotopic (exact) mass is 329 g/mol. The molecule has 106 valence electrons. The molecule has 20 heavy (non-hydrogen) atoms. The van der Waals surface area contributed by atoms with Crippen LogP contribution in [0.3, 0.4) is 0 Å². The number of nitrogens with one attached hydrogen (secondary N) is 1. The summed E-state index contributed by atoms with van der Waals surface area (Å²) in [5, 5.41) is 4.94. The van der Waals surface area contributed by atoms with Crippen LogP contribution in [0.15, 0.2) is 42.5 Å². The van der Waals surface area contributed by atoms with Crippen molar-refractivity contribution in [1.29, 1.82) is 0 Å². The van der Waals surface area contributed by atoms with Crippen LogP contribution in [0.2, 0.25) is 15.1 Å². The van der Waals surface area contributed by atoms with E-state index in [4.69, 9.17) is 39.5 Å². The van der Waals surface area contributed by atoms with E-state index in [9.17, 15) is 0 Å². The number of rotatable bonds is 5. The zero-order valence-electron chi connectivity index (χ0n) is 10.9. The molecule has 0 radical (unpaired) electrons. The summed E-state index contributed by atoms with van der Waals surface area (Å²) in [5.41, 5.74) is 0.913. The lowest BCUT2D eigenvalue weighted by atomic mass is 10.1. The van der Waals surface area contributed by atoms with Crippen LogP contribution in [-0.2, 0) is 0 Å². The molecule has 0 bridgehead atoms. The van der Waals surface area contributed by atoms with Crippen molar-refractivity contribution in [3.8, 4) is 5.75 Å². The van der Waals surface area contributed by atoms with Gasteiger partial charge in [0.2, 0.25) is 0 Å². The summed E-state index contributed by atoms with van der Waals surface area (Å²) in [4.78, 5) is 0. The van der Waals surface area contributed by atoms with Crippen LogP contribution >= 0.6 is 34.8 Å². The van der Waals surface area contributed by atoms with Gasteiger partial charge in [0, 0.05) is 5.02 Å². The molecule has 0 saturated carbocycles. The quantitative estimate of drug-likeness (QED) is 0.834. The average Bonchev–Trinajstić information content (AvgIpc) is 2.45. The molecule has 0 amide bonds. The van der Waals surface area contributed by atoms with Gasteiger partial charge in [0.05, 0.1) is 16.1 Å². The highest BCUT2D eigenvalue weighted by molar-refractivity contribution is 6.42. The number of halogens is 3. The second kappa shape index (κ2) is 7.19. The summed E-state index contributed by atoms with van der Waals surface area (Å²) in [7, 11) is 1.85. The van der Waals surface area contributed by atoms with Crippen molar-refractivity contribution in [2.45, 2.75) is 6.04 Å². The van der Waals surface area contributed by atoms with E-state index < -0.39 is 0 Å². The fourth-order valence-electron chi connectivity index (χ4n) is 1.83. The van der Waals surface area contributed by atoms with E-state index in [1.165, 1.54) is 0 Å². The van der Waals surface area contributed by atoms with Gasteiger partial charge in [0.25, 0.3) is 0 Å². The predicted octanol–water partition coefficient (Wildman–Crippen LogP) is 4.99. The Morgan fingerprint density at radius 2 is 1.75 bits per heavy atom. The van der Waals surface area contributed by atoms with Gasteiger partial charge in [-0.1, -0.05) is 46.9 Å². The number of benzene rings is 2. The Morgan fingerprint density at radius 1 is 1.05 bits per heavy atom. The second-order valence-corrected chi connectivity index (χ2v) is 5.47. The van der Waals surface area contributed by atoms with E-state index >= 15 is 0 Å². The molecular formula is C15H14Cl3NO. The largest absolute Gasteiger partial charge is 0.492 e. The fraction of sp³-hybridized carbons (Fsp3) is 0.200. The molecule has 0 aliphatic heterocycles. The molecule has 0 aliphatic rings. The molecule has 2 aromatic rings. The first-order chi connectivity index (χ1) is 9.61. The van der Waals surface area contributed by atoms with E-state index in [2.05, 4.69) is 5.32 Å². The van der Waals surface area contributed by atoms with Crippen molar-refractivity contribution >= 4 is 34.8 Å². The van der Waals surface area contributed by atoms with Crippen LogP contribution < -0.4 is 10.1 Å². The Morgan fingerprint density at radius 3 is 2.40 bits per heavy atom. The van der Waals surface area contributed by atoms with E-state index in [0.29, 0.717) is 21.7 Å². The van der Waals surface area contributed by atoms with Gasteiger partial charge >= 0.3 is 0 Å². The van der Waals surface area contributed by atoms with E-state index in [-0.39, 0.29) is 6.04 Å². The summed E-state index contributed by atoms with van der Waals surface area (Å²) in [6.07, 6.45) is 0. The van der Waals surface area contributed by atoms with E-state index in [1.807, 2.05) is 31.3 Å². The summed E-state index contributed by atoms with van der Waals surface area (Å²) < 4.78 is 5.74. The minimum atomic E-state index is -0.0446. The lowest BCUT2D eigenvalue weighted by Crippen LogP contribution is -2.23. The predicted molar refractivity (Wildman–Crippen MR) is 85.2 cm³/mol. The normalized spacial score (nSPS) is 12.2. The van der Waals surface area contributed by atoms with Crippen LogP contribution in [0.4, 0.5) is 0 Å². The summed E-state index contributed by atoms with van der Waals surface area (Å²) in [6, 6.07) is 12.8. The molecular weight excluding hydrogens is 317 g/mol. The molecule has 0 aliphatic carbocycles. The molecule has 1 N–H and O–H groups in total. The smallest absolute Gasteiger partial charge is 0.119 e. The van der Waals surface area contributed by atoms with Crippen molar-refractivity contribution in [3.05, 3.63) is 63.1 Å². The molecule has 1 unspecified atom stereocenters.